The van der Waals surface area contributed by atoms with E-state index in [2.05, 4.69) is 5.32 Å². The van der Waals surface area contributed by atoms with Gasteiger partial charge in [-0.15, -0.1) is 0 Å². The van der Waals surface area contributed by atoms with E-state index in [1.807, 2.05) is 24.3 Å². The molecule has 3 heteroatoms. The van der Waals surface area contributed by atoms with E-state index in [-0.39, 0.29) is 5.82 Å². The highest BCUT2D eigenvalue weighted by Crippen LogP contribution is 2.34. The molecule has 1 heterocycles. The highest BCUT2D eigenvalue weighted by Gasteiger charge is 2.14. The van der Waals surface area contributed by atoms with Crippen LogP contribution >= 0.6 is 0 Å². The normalized spacial score (nSPS) is 14.5. The lowest BCUT2D eigenvalue weighted by molar-refractivity contribution is 0.327. The number of rotatable bonds is 1. The lowest BCUT2D eigenvalue weighted by Crippen LogP contribution is -2.16. The minimum absolute atomic E-state index is 0.225. The topological polar surface area (TPSA) is 21.3 Å². The molecule has 0 saturated carbocycles. The number of ether oxygens (including phenoxy) is 1. The number of fused-ring (bicyclic) bond motifs is 1. The summed E-state index contributed by atoms with van der Waals surface area (Å²) in [4.78, 5) is 0. The van der Waals surface area contributed by atoms with Crippen LogP contribution in [0.3, 0.4) is 0 Å². The molecule has 18 heavy (non-hydrogen) atoms. The average molecular weight is 243 g/mol. The summed E-state index contributed by atoms with van der Waals surface area (Å²) in [6.45, 7) is 2.26. The van der Waals surface area contributed by atoms with Crippen molar-refractivity contribution < 1.29 is 9.13 Å². The lowest BCUT2D eigenvalue weighted by atomic mass is 10.0. The van der Waals surface area contributed by atoms with Crippen molar-refractivity contribution in [2.75, 3.05) is 13.2 Å². The summed E-state index contributed by atoms with van der Waals surface area (Å²) in [5.74, 6) is 0.643. The second-order valence-corrected chi connectivity index (χ2v) is 4.33. The zero-order chi connectivity index (χ0) is 12.4. The van der Waals surface area contributed by atoms with E-state index in [4.69, 9.17) is 4.74 Å². The van der Waals surface area contributed by atoms with Gasteiger partial charge in [0.05, 0.1) is 0 Å². The quantitative estimate of drug-likeness (QED) is 0.831. The molecule has 2 aromatic rings. The molecule has 0 fully saturated rings. The zero-order valence-corrected chi connectivity index (χ0v) is 9.95. The minimum atomic E-state index is -0.225. The molecule has 1 aliphatic rings. The summed E-state index contributed by atoms with van der Waals surface area (Å²) >= 11 is 0. The van der Waals surface area contributed by atoms with Crippen molar-refractivity contribution in [2.24, 2.45) is 0 Å². The molecule has 3 rings (SSSR count). The molecule has 92 valence electrons. The third-order valence-electron chi connectivity index (χ3n) is 3.07. The summed E-state index contributed by atoms with van der Waals surface area (Å²) < 4.78 is 19.1. The molecule has 0 unspecified atom stereocenters. The summed E-state index contributed by atoms with van der Waals surface area (Å²) in [6.07, 6.45) is 0. The molecular formula is C15H14FNO. The molecule has 1 N–H and O–H groups in total. The Hall–Kier alpha value is -1.87. The number of para-hydroxylation sites is 1. The maximum Gasteiger partial charge on any atom is 0.131 e. The van der Waals surface area contributed by atoms with Crippen LogP contribution in [0.1, 0.15) is 5.56 Å². The van der Waals surface area contributed by atoms with Crippen molar-refractivity contribution in [3.63, 3.8) is 0 Å². The van der Waals surface area contributed by atoms with Crippen LogP contribution in [-0.4, -0.2) is 13.2 Å². The van der Waals surface area contributed by atoms with Crippen LogP contribution in [0, 0.1) is 5.82 Å². The molecular weight excluding hydrogens is 229 g/mol. The summed E-state index contributed by atoms with van der Waals surface area (Å²) in [5.41, 5.74) is 2.93. The van der Waals surface area contributed by atoms with Gasteiger partial charge in [-0.3, -0.25) is 0 Å². The van der Waals surface area contributed by atoms with Crippen molar-refractivity contribution in [3.05, 3.63) is 53.8 Å². The molecule has 2 aromatic carbocycles. The number of benzene rings is 2. The molecule has 0 bridgehead atoms. The largest absolute Gasteiger partial charge is 0.491 e. The first-order valence-electron chi connectivity index (χ1n) is 6.06. The van der Waals surface area contributed by atoms with Crippen LogP contribution in [0.15, 0.2) is 42.5 Å². The number of halogens is 1. The Kier molecular flexibility index (Phi) is 2.99. The smallest absolute Gasteiger partial charge is 0.131 e. The van der Waals surface area contributed by atoms with Gasteiger partial charge >= 0.3 is 0 Å². The third kappa shape index (κ3) is 2.09. The van der Waals surface area contributed by atoms with Gasteiger partial charge in [-0.25, -0.2) is 4.39 Å². The monoisotopic (exact) mass is 243 g/mol. The fourth-order valence-electron chi connectivity index (χ4n) is 2.23. The SMILES string of the molecule is Fc1cccc(-c2cccc3c2OCCNC3)c1. The van der Waals surface area contributed by atoms with E-state index in [0.717, 1.165) is 35.5 Å². The predicted molar refractivity (Wildman–Crippen MR) is 69.0 cm³/mol. The Morgan fingerprint density at radius 2 is 2.00 bits per heavy atom. The van der Waals surface area contributed by atoms with E-state index in [0.29, 0.717) is 6.61 Å². The first-order valence-corrected chi connectivity index (χ1v) is 6.06. The number of hydrogen-bond acceptors (Lipinski definition) is 2. The maximum absolute atomic E-state index is 13.3. The first-order chi connectivity index (χ1) is 8.84. The molecule has 2 nitrogen and oxygen atoms in total. The molecule has 1 aliphatic heterocycles. The molecule has 0 saturated heterocycles. The van der Waals surface area contributed by atoms with Crippen LogP contribution in [0.2, 0.25) is 0 Å². The van der Waals surface area contributed by atoms with Crippen molar-refractivity contribution in [3.8, 4) is 16.9 Å². The van der Waals surface area contributed by atoms with Gasteiger partial charge in [0.2, 0.25) is 0 Å². The molecule has 0 aliphatic carbocycles. The summed E-state index contributed by atoms with van der Waals surface area (Å²) in [7, 11) is 0. The van der Waals surface area contributed by atoms with Gasteiger partial charge in [0.15, 0.2) is 0 Å². The van der Waals surface area contributed by atoms with E-state index in [1.54, 1.807) is 6.07 Å². The van der Waals surface area contributed by atoms with E-state index in [9.17, 15) is 4.39 Å². The standard InChI is InChI=1S/C15H14FNO/c16-13-5-1-3-11(9-13)14-6-2-4-12-10-17-7-8-18-15(12)14/h1-6,9,17H,7-8,10H2. The van der Waals surface area contributed by atoms with E-state index in [1.165, 1.54) is 12.1 Å². The highest BCUT2D eigenvalue weighted by atomic mass is 19.1. The second-order valence-electron chi connectivity index (χ2n) is 4.33. The van der Waals surface area contributed by atoms with Gasteiger partial charge in [0.1, 0.15) is 18.2 Å². The van der Waals surface area contributed by atoms with E-state index < -0.39 is 0 Å². The molecule has 0 aromatic heterocycles. The zero-order valence-electron chi connectivity index (χ0n) is 9.95. The van der Waals surface area contributed by atoms with Gasteiger partial charge in [-0.1, -0.05) is 30.3 Å². The summed E-state index contributed by atoms with van der Waals surface area (Å²) in [5, 5.41) is 3.29. The Morgan fingerprint density at radius 1 is 1.11 bits per heavy atom. The Labute approximate surface area is 105 Å². The van der Waals surface area contributed by atoms with Crippen molar-refractivity contribution >= 4 is 0 Å². The van der Waals surface area contributed by atoms with Gasteiger partial charge < -0.3 is 10.1 Å². The van der Waals surface area contributed by atoms with Crippen LogP contribution in [-0.2, 0) is 6.54 Å². The summed E-state index contributed by atoms with van der Waals surface area (Å²) in [6, 6.07) is 12.6. The van der Waals surface area contributed by atoms with Crippen LogP contribution < -0.4 is 10.1 Å². The minimum Gasteiger partial charge on any atom is -0.491 e. The second kappa shape index (κ2) is 4.78. The van der Waals surface area contributed by atoms with Gasteiger partial charge in [0, 0.05) is 24.2 Å². The van der Waals surface area contributed by atoms with Crippen molar-refractivity contribution in [1.29, 1.82) is 0 Å². The van der Waals surface area contributed by atoms with Crippen molar-refractivity contribution in [1.82, 2.24) is 5.32 Å². The Bertz CT molecular complexity index is 568. The third-order valence-corrected chi connectivity index (χ3v) is 3.07. The lowest BCUT2D eigenvalue weighted by Gasteiger charge is -2.12. The maximum atomic E-state index is 13.3. The van der Waals surface area contributed by atoms with Gasteiger partial charge in [-0.2, -0.15) is 0 Å². The Balaban J connectivity index is 2.12. The first kappa shape index (κ1) is 11.2. The molecule has 0 amide bonds. The average Bonchev–Trinajstić information content (AvgIpc) is 2.63. The molecule has 0 atom stereocenters. The van der Waals surface area contributed by atoms with Gasteiger partial charge in [0.25, 0.3) is 0 Å². The van der Waals surface area contributed by atoms with Crippen LogP contribution in [0.4, 0.5) is 4.39 Å². The fraction of sp³-hybridized carbons (Fsp3) is 0.200. The highest BCUT2D eigenvalue weighted by molar-refractivity contribution is 5.72. The van der Waals surface area contributed by atoms with Crippen LogP contribution in [0.5, 0.6) is 5.75 Å². The molecule has 0 spiro atoms. The molecule has 0 radical (unpaired) electrons. The predicted octanol–water partition coefficient (Wildman–Crippen LogP) is 2.97. The number of hydrogen-bond donors (Lipinski definition) is 1. The number of nitrogens with one attached hydrogen (secondary N) is 1. The van der Waals surface area contributed by atoms with E-state index >= 15 is 0 Å². The Morgan fingerprint density at radius 3 is 2.89 bits per heavy atom. The van der Waals surface area contributed by atoms with Crippen LogP contribution in [0.25, 0.3) is 11.1 Å². The fourth-order valence-corrected chi connectivity index (χ4v) is 2.23. The van der Waals surface area contributed by atoms with Crippen molar-refractivity contribution in [2.45, 2.75) is 6.54 Å². The van der Waals surface area contributed by atoms with Gasteiger partial charge in [-0.05, 0) is 17.7 Å².